The van der Waals surface area contributed by atoms with Gasteiger partial charge in [-0.2, -0.15) is 0 Å². The third kappa shape index (κ3) is 3.44. The number of unbranched alkanes of at least 4 members (excludes halogenated alkanes) is 1. The second-order valence-electron chi connectivity index (χ2n) is 2.97. The van der Waals surface area contributed by atoms with Gasteiger partial charge in [-0.05, 0) is 37.1 Å². The van der Waals surface area contributed by atoms with Crippen molar-refractivity contribution < 1.29 is 9.53 Å². The van der Waals surface area contributed by atoms with Gasteiger partial charge in [0.2, 0.25) is 0 Å². The van der Waals surface area contributed by atoms with Crippen molar-refractivity contribution in [3.05, 3.63) is 42.5 Å². The fourth-order valence-corrected chi connectivity index (χ4v) is 1.06. The molecule has 0 aliphatic heterocycles. The first-order valence-corrected chi connectivity index (χ1v) is 4.66. The first-order chi connectivity index (χ1) is 6.86. The summed E-state index contributed by atoms with van der Waals surface area (Å²) < 4.78 is 5.44. The Balaban J connectivity index is 2.36. The standard InChI is InChI=1S/C12H14O2/c1-2-3-4-9-14-12-7-5-11(10-13)6-8-12/h2,5-8,10H,1,3-4,9H2. The average Bonchev–Trinajstić information content (AvgIpc) is 2.25. The van der Waals surface area contributed by atoms with Crippen LogP contribution >= 0.6 is 0 Å². The average molecular weight is 190 g/mol. The molecule has 1 aromatic rings. The molecule has 1 rings (SSSR count). The Hall–Kier alpha value is -1.57. The van der Waals surface area contributed by atoms with Crippen LogP contribution in [0.5, 0.6) is 5.75 Å². The predicted molar refractivity (Wildman–Crippen MR) is 56.8 cm³/mol. The van der Waals surface area contributed by atoms with Gasteiger partial charge in [-0.1, -0.05) is 6.08 Å². The highest BCUT2D eigenvalue weighted by Crippen LogP contribution is 2.11. The molecule has 0 aliphatic rings. The minimum atomic E-state index is 0.670. The van der Waals surface area contributed by atoms with E-state index >= 15 is 0 Å². The van der Waals surface area contributed by atoms with Crippen LogP contribution in [0.4, 0.5) is 0 Å². The smallest absolute Gasteiger partial charge is 0.150 e. The highest BCUT2D eigenvalue weighted by Gasteiger charge is 1.93. The van der Waals surface area contributed by atoms with E-state index in [-0.39, 0.29) is 0 Å². The number of benzene rings is 1. The minimum absolute atomic E-state index is 0.670. The van der Waals surface area contributed by atoms with E-state index in [0.717, 1.165) is 24.9 Å². The van der Waals surface area contributed by atoms with Crippen molar-refractivity contribution in [2.45, 2.75) is 12.8 Å². The summed E-state index contributed by atoms with van der Waals surface area (Å²) in [6.07, 6.45) is 4.63. The third-order valence-corrected chi connectivity index (χ3v) is 1.84. The molecule has 0 radical (unpaired) electrons. The molecule has 0 saturated heterocycles. The molecular formula is C12H14O2. The molecule has 0 heterocycles. The molecule has 0 amide bonds. The van der Waals surface area contributed by atoms with Gasteiger partial charge >= 0.3 is 0 Å². The van der Waals surface area contributed by atoms with E-state index in [1.54, 1.807) is 24.3 Å². The molecule has 74 valence electrons. The zero-order chi connectivity index (χ0) is 10.2. The zero-order valence-corrected chi connectivity index (χ0v) is 8.11. The van der Waals surface area contributed by atoms with E-state index in [1.807, 2.05) is 6.08 Å². The van der Waals surface area contributed by atoms with Gasteiger partial charge in [0.1, 0.15) is 12.0 Å². The van der Waals surface area contributed by atoms with E-state index in [9.17, 15) is 4.79 Å². The van der Waals surface area contributed by atoms with Crippen molar-refractivity contribution in [2.24, 2.45) is 0 Å². The summed E-state index contributed by atoms with van der Waals surface area (Å²) in [5.41, 5.74) is 0.670. The number of aldehydes is 1. The second kappa shape index (κ2) is 5.97. The van der Waals surface area contributed by atoms with E-state index in [0.29, 0.717) is 12.2 Å². The molecule has 2 heteroatoms. The fourth-order valence-electron chi connectivity index (χ4n) is 1.06. The van der Waals surface area contributed by atoms with Gasteiger partial charge in [0.15, 0.2) is 0 Å². The Bertz CT molecular complexity index is 288. The number of hydrogen-bond acceptors (Lipinski definition) is 2. The SMILES string of the molecule is C=CCCCOc1ccc(C=O)cc1. The molecule has 14 heavy (non-hydrogen) atoms. The Morgan fingerprint density at radius 2 is 2.00 bits per heavy atom. The molecule has 0 saturated carbocycles. The van der Waals surface area contributed by atoms with Gasteiger partial charge in [-0.15, -0.1) is 6.58 Å². The molecule has 0 N–H and O–H groups in total. The van der Waals surface area contributed by atoms with Crippen molar-refractivity contribution in [1.29, 1.82) is 0 Å². The Kier molecular flexibility index (Phi) is 4.48. The van der Waals surface area contributed by atoms with Gasteiger partial charge in [0.25, 0.3) is 0 Å². The first kappa shape index (κ1) is 10.5. The molecule has 1 aromatic carbocycles. The summed E-state index contributed by atoms with van der Waals surface area (Å²) in [6.45, 7) is 4.32. The summed E-state index contributed by atoms with van der Waals surface area (Å²) in [5, 5.41) is 0. The van der Waals surface area contributed by atoms with Gasteiger partial charge < -0.3 is 4.74 Å². The largest absolute Gasteiger partial charge is 0.494 e. The monoisotopic (exact) mass is 190 g/mol. The molecule has 0 unspecified atom stereocenters. The molecular weight excluding hydrogens is 176 g/mol. The van der Waals surface area contributed by atoms with Gasteiger partial charge in [0.05, 0.1) is 6.61 Å². The number of carbonyl (C=O) groups excluding carboxylic acids is 1. The lowest BCUT2D eigenvalue weighted by Gasteiger charge is -2.04. The molecule has 0 spiro atoms. The van der Waals surface area contributed by atoms with Gasteiger partial charge in [0, 0.05) is 5.56 Å². The number of allylic oxidation sites excluding steroid dienone is 1. The lowest BCUT2D eigenvalue weighted by atomic mass is 10.2. The number of ether oxygens (including phenoxy) is 1. The normalized spacial score (nSPS) is 9.43. The minimum Gasteiger partial charge on any atom is -0.494 e. The molecule has 0 atom stereocenters. The van der Waals surface area contributed by atoms with Crippen LogP contribution in [0.3, 0.4) is 0 Å². The highest BCUT2D eigenvalue weighted by molar-refractivity contribution is 5.74. The predicted octanol–water partition coefficient (Wildman–Crippen LogP) is 2.84. The maximum absolute atomic E-state index is 10.4. The van der Waals surface area contributed by atoms with E-state index in [4.69, 9.17) is 4.74 Å². The Morgan fingerprint density at radius 3 is 2.57 bits per heavy atom. The maximum Gasteiger partial charge on any atom is 0.150 e. The van der Waals surface area contributed by atoms with Crippen LogP contribution in [0, 0.1) is 0 Å². The van der Waals surface area contributed by atoms with Crippen molar-refractivity contribution in [2.75, 3.05) is 6.61 Å². The van der Waals surface area contributed by atoms with Crippen molar-refractivity contribution >= 4 is 6.29 Å². The summed E-state index contributed by atoms with van der Waals surface area (Å²) in [4.78, 5) is 10.4. The van der Waals surface area contributed by atoms with Crippen LogP contribution in [0.25, 0.3) is 0 Å². The Morgan fingerprint density at radius 1 is 1.29 bits per heavy atom. The second-order valence-corrected chi connectivity index (χ2v) is 2.97. The molecule has 0 aromatic heterocycles. The van der Waals surface area contributed by atoms with Crippen LogP contribution < -0.4 is 4.74 Å². The van der Waals surface area contributed by atoms with Crippen molar-refractivity contribution in [3.63, 3.8) is 0 Å². The van der Waals surface area contributed by atoms with E-state index in [2.05, 4.69) is 6.58 Å². The highest BCUT2D eigenvalue weighted by atomic mass is 16.5. The molecule has 2 nitrogen and oxygen atoms in total. The molecule has 0 fully saturated rings. The van der Waals surface area contributed by atoms with Crippen LogP contribution in [0.1, 0.15) is 23.2 Å². The fraction of sp³-hybridized carbons (Fsp3) is 0.250. The third-order valence-electron chi connectivity index (χ3n) is 1.84. The topological polar surface area (TPSA) is 26.3 Å². The van der Waals surface area contributed by atoms with Crippen LogP contribution in [-0.2, 0) is 0 Å². The molecule has 0 bridgehead atoms. The summed E-state index contributed by atoms with van der Waals surface area (Å²) in [6, 6.07) is 7.10. The van der Waals surface area contributed by atoms with E-state index in [1.165, 1.54) is 0 Å². The van der Waals surface area contributed by atoms with E-state index < -0.39 is 0 Å². The number of carbonyl (C=O) groups is 1. The van der Waals surface area contributed by atoms with Gasteiger partial charge in [-0.25, -0.2) is 0 Å². The van der Waals surface area contributed by atoms with Crippen LogP contribution in [0.2, 0.25) is 0 Å². The lowest BCUT2D eigenvalue weighted by molar-refractivity contribution is 0.112. The number of hydrogen-bond donors (Lipinski definition) is 0. The zero-order valence-electron chi connectivity index (χ0n) is 8.11. The Labute approximate surface area is 84.2 Å². The van der Waals surface area contributed by atoms with Crippen LogP contribution in [-0.4, -0.2) is 12.9 Å². The van der Waals surface area contributed by atoms with Crippen molar-refractivity contribution in [3.8, 4) is 5.75 Å². The summed E-state index contributed by atoms with van der Waals surface area (Å²) in [7, 11) is 0. The summed E-state index contributed by atoms with van der Waals surface area (Å²) >= 11 is 0. The maximum atomic E-state index is 10.4. The summed E-state index contributed by atoms with van der Waals surface area (Å²) in [5.74, 6) is 0.805. The first-order valence-electron chi connectivity index (χ1n) is 4.66. The van der Waals surface area contributed by atoms with Crippen LogP contribution in [0.15, 0.2) is 36.9 Å². The number of rotatable bonds is 6. The molecule has 0 aliphatic carbocycles. The van der Waals surface area contributed by atoms with Crippen molar-refractivity contribution in [1.82, 2.24) is 0 Å². The lowest BCUT2D eigenvalue weighted by Crippen LogP contribution is -1.96. The van der Waals surface area contributed by atoms with Gasteiger partial charge in [-0.3, -0.25) is 4.79 Å². The quantitative estimate of drug-likeness (QED) is 0.391.